The second kappa shape index (κ2) is 9.90. The Hall–Kier alpha value is -2.65. The van der Waals surface area contributed by atoms with Gasteiger partial charge >= 0.3 is 0 Å². The number of hydrogen-bond acceptors (Lipinski definition) is 6. The predicted molar refractivity (Wildman–Crippen MR) is 116 cm³/mol. The van der Waals surface area contributed by atoms with Gasteiger partial charge in [-0.1, -0.05) is 11.6 Å². The number of nitrogens with one attached hydrogen (secondary N) is 1. The number of rotatable bonds is 9. The van der Waals surface area contributed by atoms with Gasteiger partial charge in [-0.25, -0.2) is 8.42 Å². The lowest BCUT2D eigenvalue weighted by Crippen LogP contribution is -2.41. The second-order valence-electron chi connectivity index (χ2n) is 6.48. The normalized spacial score (nSPS) is 12.1. The van der Waals surface area contributed by atoms with E-state index in [1.54, 1.807) is 31.2 Å². The van der Waals surface area contributed by atoms with Crippen molar-refractivity contribution in [2.45, 2.75) is 13.0 Å². The number of ether oxygens (including phenoxy) is 3. The van der Waals surface area contributed by atoms with Crippen molar-refractivity contribution in [2.24, 2.45) is 0 Å². The standard InChI is InChI=1S/C20H25ClN2O6S/c1-13(16-11-15(27-2)7-9-18(16)28-3)22-20(24)12-23(30(5,25)26)17-10-14(21)6-8-19(17)29-4/h6-11,13H,12H2,1-5H3,(H,22,24)/t13-/m0/s1. The molecule has 0 unspecified atom stereocenters. The molecule has 2 aromatic rings. The monoisotopic (exact) mass is 456 g/mol. The average Bonchev–Trinajstić information content (AvgIpc) is 2.70. The summed E-state index contributed by atoms with van der Waals surface area (Å²) >= 11 is 6.03. The molecule has 2 rings (SSSR count). The van der Waals surface area contributed by atoms with Gasteiger partial charge in [0.25, 0.3) is 0 Å². The number of benzene rings is 2. The summed E-state index contributed by atoms with van der Waals surface area (Å²) in [4.78, 5) is 12.7. The lowest BCUT2D eigenvalue weighted by atomic mass is 10.1. The molecule has 1 N–H and O–H groups in total. The Morgan fingerprint density at radius 3 is 2.27 bits per heavy atom. The largest absolute Gasteiger partial charge is 0.497 e. The van der Waals surface area contributed by atoms with Gasteiger partial charge in [0.2, 0.25) is 15.9 Å². The number of nitrogens with zero attached hydrogens (tertiary/aromatic N) is 1. The minimum absolute atomic E-state index is 0.175. The molecule has 0 saturated carbocycles. The van der Waals surface area contributed by atoms with E-state index >= 15 is 0 Å². The molecule has 10 heteroatoms. The number of anilines is 1. The Morgan fingerprint density at radius 1 is 1.07 bits per heavy atom. The van der Waals surface area contributed by atoms with Crippen LogP contribution >= 0.6 is 11.6 Å². The Balaban J connectivity index is 2.29. The van der Waals surface area contributed by atoms with Crippen molar-refractivity contribution >= 4 is 33.2 Å². The van der Waals surface area contributed by atoms with Gasteiger partial charge in [-0.05, 0) is 43.3 Å². The van der Waals surface area contributed by atoms with Crippen molar-refractivity contribution in [3.63, 3.8) is 0 Å². The molecule has 0 aliphatic rings. The van der Waals surface area contributed by atoms with Crippen molar-refractivity contribution in [3.05, 3.63) is 47.0 Å². The first-order chi connectivity index (χ1) is 14.1. The second-order valence-corrected chi connectivity index (χ2v) is 8.83. The van der Waals surface area contributed by atoms with Crippen molar-refractivity contribution < 1.29 is 27.4 Å². The summed E-state index contributed by atoms with van der Waals surface area (Å²) in [5, 5.41) is 3.11. The third-order valence-electron chi connectivity index (χ3n) is 4.38. The van der Waals surface area contributed by atoms with Crippen molar-refractivity contribution in [2.75, 3.05) is 38.4 Å². The summed E-state index contributed by atoms with van der Waals surface area (Å²) in [6.07, 6.45) is 1.01. The highest BCUT2D eigenvalue weighted by atomic mass is 35.5. The van der Waals surface area contributed by atoms with E-state index in [0.29, 0.717) is 22.1 Å². The summed E-state index contributed by atoms with van der Waals surface area (Å²) in [7, 11) is 0.673. The van der Waals surface area contributed by atoms with Gasteiger partial charge in [0, 0.05) is 10.6 Å². The molecule has 0 aliphatic heterocycles. The number of halogens is 1. The van der Waals surface area contributed by atoms with E-state index < -0.39 is 28.5 Å². The Bertz CT molecular complexity index is 1010. The van der Waals surface area contributed by atoms with Gasteiger partial charge in [-0.2, -0.15) is 0 Å². The molecule has 1 amide bonds. The van der Waals surface area contributed by atoms with Crippen LogP contribution < -0.4 is 23.8 Å². The molecule has 0 bridgehead atoms. The van der Waals surface area contributed by atoms with Crippen LogP contribution in [0.1, 0.15) is 18.5 Å². The minimum atomic E-state index is -3.80. The Labute approximate surface area is 181 Å². The highest BCUT2D eigenvalue weighted by Gasteiger charge is 2.25. The topological polar surface area (TPSA) is 94.2 Å². The summed E-state index contributed by atoms with van der Waals surface area (Å²) in [5.41, 5.74) is 0.866. The first-order valence-electron chi connectivity index (χ1n) is 8.93. The quantitative estimate of drug-likeness (QED) is 0.623. The van der Waals surface area contributed by atoms with Gasteiger partial charge in [0.15, 0.2) is 0 Å². The maximum atomic E-state index is 12.7. The van der Waals surface area contributed by atoms with E-state index in [9.17, 15) is 13.2 Å². The number of methoxy groups -OCH3 is 3. The smallest absolute Gasteiger partial charge is 0.241 e. The predicted octanol–water partition coefficient (Wildman–Crippen LogP) is 3.01. The minimum Gasteiger partial charge on any atom is -0.497 e. The van der Waals surface area contributed by atoms with Crippen molar-refractivity contribution in [1.82, 2.24) is 5.32 Å². The van der Waals surface area contributed by atoms with Gasteiger partial charge in [0.05, 0.1) is 39.3 Å². The molecule has 30 heavy (non-hydrogen) atoms. The van der Waals surface area contributed by atoms with Gasteiger partial charge < -0.3 is 19.5 Å². The van der Waals surface area contributed by atoms with Crippen molar-refractivity contribution in [1.29, 1.82) is 0 Å². The molecule has 164 valence electrons. The lowest BCUT2D eigenvalue weighted by molar-refractivity contribution is -0.120. The molecule has 0 spiro atoms. The van der Waals surface area contributed by atoms with Crippen LogP contribution in [0.5, 0.6) is 17.2 Å². The third kappa shape index (κ3) is 5.70. The van der Waals surface area contributed by atoms with E-state index in [0.717, 1.165) is 10.6 Å². The molecular formula is C20H25ClN2O6S. The first kappa shape index (κ1) is 23.6. The molecule has 0 heterocycles. The number of amides is 1. The SMILES string of the molecule is COc1ccc(OC)c([C@H](C)NC(=O)CN(c2cc(Cl)ccc2OC)S(C)(=O)=O)c1. The van der Waals surface area contributed by atoms with Crippen LogP contribution in [0.3, 0.4) is 0 Å². The van der Waals surface area contributed by atoms with Crippen LogP contribution in [-0.4, -0.2) is 48.5 Å². The maximum Gasteiger partial charge on any atom is 0.241 e. The molecular weight excluding hydrogens is 432 g/mol. The van der Waals surface area contributed by atoms with E-state index in [4.69, 9.17) is 25.8 Å². The molecule has 2 aromatic carbocycles. The molecule has 0 saturated heterocycles. The fourth-order valence-corrected chi connectivity index (χ4v) is 3.93. The third-order valence-corrected chi connectivity index (χ3v) is 5.74. The van der Waals surface area contributed by atoms with E-state index in [2.05, 4.69) is 5.32 Å². The fourth-order valence-electron chi connectivity index (χ4n) is 2.91. The van der Waals surface area contributed by atoms with Crippen LogP contribution in [0.25, 0.3) is 0 Å². The molecule has 0 radical (unpaired) electrons. The first-order valence-corrected chi connectivity index (χ1v) is 11.2. The molecule has 0 aliphatic carbocycles. The van der Waals surface area contributed by atoms with Crippen LogP contribution in [0.2, 0.25) is 5.02 Å². The van der Waals surface area contributed by atoms with Crippen LogP contribution in [-0.2, 0) is 14.8 Å². The Morgan fingerprint density at radius 2 is 1.70 bits per heavy atom. The Kier molecular flexibility index (Phi) is 7.80. The summed E-state index contributed by atoms with van der Waals surface area (Å²) in [6, 6.07) is 9.30. The highest BCUT2D eigenvalue weighted by Crippen LogP contribution is 2.33. The number of sulfonamides is 1. The molecule has 1 atom stereocenters. The van der Waals surface area contributed by atoms with E-state index in [-0.39, 0.29) is 11.4 Å². The van der Waals surface area contributed by atoms with Crippen LogP contribution in [0, 0.1) is 0 Å². The zero-order chi connectivity index (χ0) is 22.5. The van der Waals surface area contributed by atoms with Gasteiger partial charge in [0.1, 0.15) is 23.8 Å². The summed E-state index contributed by atoms with van der Waals surface area (Å²) in [6.45, 7) is 1.31. The summed E-state index contributed by atoms with van der Waals surface area (Å²) in [5.74, 6) is 0.938. The molecule has 0 fully saturated rings. The average molecular weight is 457 g/mol. The number of hydrogen-bond donors (Lipinski definition) is 1. The van der Waals surface area contributed by atoms with Crippen LogP contribution in [0.15, 0.2) is 36.4 Å². The maximum absolute atomic E-state index is 12.7. The van der Waals surface area contributed by atoms with Crippen molar-refractivity contribution in [3.8, 4) is 17.2 Å². The summed E-state index contributed by atoms with van der Waals surface area (Å²) < 4.78 is 41.6. The number of carbonyl (C=O) groups is 1. The van der Waals surface area contributed by atoms with E-state index in [1.165, 1.54) is 33.5 Å². The zero-order valence-electron chi connectivity index (χ0n) is 17.4. The van der Waals surface area contributed by atoms with Crippen LogP contribution in [0.4, 0.5) is 5.69 Å². The van der Waals surface area contributed by atoms with Gasteiger partial charge in [-0.15, -0.1) is 0 Å². The zero-order valence-corrected chi connectivity index (χ0v) is 19.0. The van der Waals surface area contributed by atoms with Gasteiger partial charge in [-0.3, -0.25) is 9.10 Å². The highest BCUT2D eigenvalue weighted by molar-refractivity contribution is 7.92. The number of carbonyl (C=O) groups excluding carboxylic acids is 1. The fraction of sp³-hybridized carbons (Fsp3) is 0.350. The lowest BCUT2D eigenvalue weighted by Gasteiger charge is -2.25. The molecule has 0 aromatic heterocycles. The molecule has 8 nitrogen and oxygen atoms in total. The van der Waals surface area contributed by atoms with E-state index in [1.807, 2.05) is 0 Å².